The van der Waals surface area contributed by atoms with Crippen molar-refractivity contribution in [2.45, 2.75) is 96.8 Å². The molecular formula is C18H33ClO2. The number of unbranched alkanes of at least 4 members (excludes halogenated alkanes) is 10. The Labute approximate surface area is 136 Å². The van der Waals surface area contributed by atoms with Crippen molar-refractivity contribution in [3.8, 4) is 0 Å². The van der Waals surface area contributed by atoms with Crippen LogP contribution < -0.4 is 0 Å². The summed E-state index contributed by atoms with van der Waals surface area (Å²) in [5.41, 5.74) is 0. The third-order valence-electron chi connectivity index (χ3n) is 3.73. The van der Waals surface area contributed by atoms with E-state index >= 15 is 0 Å². The molecule has 0 aliphatic rings. The van der Waals surface area contributed by atoms with E-state index in [0.29, 0.717) is 6.42 Å². The lowest BCUT2D eigenvalue weighted by molar-refractivity contribution is -0.137. The van der Waals surface area contributed by atoms with Gasteiger partial charge in [-0.2, -0.15) is 0 Å². The summed E-state index contributed by atoms with van der Waals surface area (Å²) in [6.07, 6.45) is 17.8. The quantitative estimate of drug-likeness (QED) is 0.342. The number of halogens is 1. The predicted molar refractivity (Wildman–Crippen MR) is 91.9 cm³/mol. The Bertz CT molecular complexity index is 274. The number of carboxylic acid groups (broad SMARTS) is 1. The molecule has 0 aliphatic heterocycles. The summed E-state index contributed by atoms with van der Waals surface area (Å²) in [6.45, 7) is 2.24. The SMILES string of the molecule is CCCCCCCC/C(Cl)=C/CCCCCCCC(=O)O. The van der Waals surface area contributed by atoms with Crippen LogP contribution in [-0.4, -0.2) is 11.1 Å². The number of hydrogen-bond acceptors (Lipinski definition) is 1. The van der Waals surface area contributed by atoms with Gasteiger partial charge in [-0.25, -0.2) is 0 Å². The molecule has 0 bridgehead atoms. The molecule has 2 nitrogen and oxygen atoms in total. The van der Waals surface area contributed by atoms with Crippen molar-refractivity contribution in [3.05, 3.63) is 11.1 Å². The van der Waals surface area contributed by atoms with Gasteiger partial charge >= 0.3 is 5.97 Å². The Morgan fingerprint density at radius 1 is 0.857 bits per heavy atom. The fourth-order valence-electron chi connectivity index (χ4n) is 2.39. The second-order valence-corrected chi connectivity index (χ2v) is 6.35. The molecule has 0 atom stereocenters. The molecular weight excluding hydrogens is 284 g/mol. The highest BCUT2D eigenvalue weighted by Crippen LogP contribution is 2.16. The largest absolute Gasteiger partial charge is 0.481 e. The van der Waals surface area contributed by atoms with E-state index in [9.17, 15) is 4.79 Å². The van der Waals surface area contributed by atoms with Crippen LogP contribution in [0.1, 0.15) is 96.8 Å². The van der Waals surface area contributed by atoms with E-state index in [1.807, 2.05) is 0 Å². The van der Waals surface area contributed by atoms with Crippen molar-refractivity contribution >= 4 is 17.6 Å². The van der Waals surface area contributed by atoms with Crippen LogP contribution in [0.2, 0.25) is 0 Å². The van der Waals surface area contributed by atoms with Crippen LogP contribution in [0.4, 0.5) is 0 Å². The number of rotatable bonds is 15. The standard InChI is InChI=1S/C18H33ClO2/c1-2-3-4-5-8-11-14-17(19)15-12-9-6-7-10-13-16-18(20)21/h15H,2-14,16H2,1H3,(H,20,21)/b17-15-. The number of carboxylic acids is 1. The second kappa shape index (κ2) is 15.9. The van der Waals surface area contributed by atoms with Gasteiger partial charge in [-0.05, 0) is 32.1 Å². The summed E-state index contributed by atoms with van der Waals surface area (Å²) < 4.78 is 0. The van der Waals surface area contributed by atoms with Crippen molar-refractivity contribution in [3.63, 3.8) is 0 Å². The van der Waals surface area contributed by atoms with Crippen LogP contribution in [0.5, 0.6) is 0 Å². The first-order valence-corrected chi connectivity index (χ1v) is 9.11. The first-order valence-electron chi connectivity index (χ1n) is 8.73. The maximum absolute atomic E-state index is 10.3. The minimum absolute atomic E-state index is 0.310. The number of hydrogen-bond donors (Lipinski definition) is 1. The summed E-state index contributed by atoms with van der Waals surface area (Å²) in [7, 11) is 0. The normalized spacial score (nSPS) is 11.8. The highest BCUT2D eigenvalue weighted by atomic mass is 35.5. The van der Waals surface area contributed by atoms with Gasteiger partial charge in [0.1, 0.15) is 0 Å². The topological polar surface area (TPSA) is 37.3 Å². The lowest BCUT2D eigenvalue weighted by Gasteiger charge is -2.01. The monoisotopic (exact) mass is 316 g/mol. The Morgan fingerprint density at radius 2 is 1.38 bits per heavy atom. The Kier molecular flexibility index (Phi) is 15.5. The fourth-order valence-corrected chi connectivity index (χ4v) is 2.63. The van der Waals surface area contributed by atoms with Crippen LogP contribution >= 0.6 is 11.6 Å². The highest BCUT2D eigenvalue weighted by molar-refractivity contribution is 6.29. The van der Waals surface area contributed by atoms with E-state index in [1.54, 1.807) is 0 Å². The lowest BCUT2D eigenvalue weighted by Crippen LogP contribution is -1.93. The number of carbonyl (C=O) groups is 1. The average Bonchev–Trinajstić information content (AvgIpc) is 2.45. The van der Waals surface area contributed by atoms with Gasteiger partial charge in [0, 0.05) is 11.5 Å². The molecule has 0 unspecified atom stereocenters. The summed E-state index contributed by atoms with van der Waals surface area (Å²) in [5, 5.41) is 9.55. The molecule has 21 heavy (non-hydrogen) atoms. The van der Waals surface area contributed by atoms with Gasteiger partial charge in [0.05, 0.1) is 0 Å². The first-order chi connectivity index (χ1) is 10.2. The maximum atomic E-state index is 10.3. The molecule has 0 saturated carbocycles. The van der Waals surface area contributed by atoms with Crippen molar-refractivity contribution in [1.82, 2.24) is 0 Å². The van der Waals surface area contributed by atoms with Gasteiger partial charge < -0.3 is 5.11 Å². The minimum Gasteiger partial charge on any atom is -0.481 e. The van der Waals surface area contributed by atoms with Gasteiger partial charge in [-0.3, -0.25) is 4.79 Å². The lowest BCUT2D eigenvalue weighted by atomic mass is 10.1. The molecule has 0 spiro atoms. The number of aliphatic carboxylic acids is 1. The molecule has 124 valence electrons. The molecule has 0 heterocycles. The van der Waals surface area contributed by atoms with Crippen LogP contribution in [-0.2, 0) is 4.79 Å². The van der Waals surface area contributed by atoms with E-state index < -0.39 is 5.97 Å². The predicted octanol–water partition coefficient (Wildman–Crippen LogP) is 6.68. The molecule has 0 saturated heterocycles. The van der Waals surface area contributed by atoms with Crippen molar-refractivity contribution in [2.75, 3.05) is 0 Å². The molecule has 0 aromatic heterocycles. The average molecular weight is 317 g/mol. The van der Waals surface area contributed by atoms with Gasteiger partial charge in [0.2, 0.25) is 0 Å². The third kappa shape index (κ3) is 17.4. The van der Waals surface area contributed by atoms with Crippen LogP contribution in [0.3, 0.4) is 0 Å². The van der Waals surface area contributed by atoms with E-state index in [2.05, 4.69) is 13.0 Å². The maximum Gasteiger partial charge on any atom is 0.303 e. The van der Waals surface area contributed by atoms with Gasteiger partial charge in [0.15, 0.2) is 0 Å². The van der Waals surface area contributed by atoms with Gasteiger partial charge in [-0.1, -0.05) is 76.0 Å². The summed E-state index contributed by atoms with van der Waals surface area (Å²) in [4.78, 5) is 10.3. The van der Waals surface area contributed by atoms with Gasteiger partial charge in [0.25, 0.3) is 0 Å². The Balaban J connectivity index is 3.29. The summed E-state index contributed by atoms with van der Waals surface area (Å²) in [5.74, 6) is -0.681. The van der Waals surface area contributed by atoms with Crippen LogP contribution in [0, 0.1) is 0 Å². The van der Waals surface area contributed by atoms with E-state index in [4.69, 9.17) is 16.7 Å². The molecule has 0 amide bonds. The third-order valence-corrected chi connectivity index (χ3v) is 4.07. The summed E-state index contributed by atoms with van der Waals surface area (Å²) in [6, 6.07) is 0. The van der Waals surface area contributed by atoms with Crippen molar-refractivity contribution in [2.24, 2.45) is 0 Å². The van der Waals surface area contributed by atoms with E-state index in [-0.39, 0.29) is 0 Å². The molecule has 0 fully saturated rings. The molecule has 3 heteroatoms. The molecule has 0 rings (SSSR count). The highest BCUT2D eigenvalue weighted by Gasteiger charge is 1.97. The molecule has 0 aliphatic carbocycles. The van der Waals surface area contributed by atoms with Crippen LogP contribution in [0.15, 0.2) is 11.1 Å². The zero-order chi connectivity index (χ0) is 15.8. The first kappa shape index (κ1) is 20.5. The molecule has 0 aromatic carbocycles. The molecule has 0 radical (unpaired) electrons. The van der Waals surface area contributed by atoms with Crippen LogP contribution in [0.25, 0.3) is 0 Å². The second-order valence-electron chi connectivity index (χ2n) is 5.87. The van der Waals surface area contributed by atoms with Gasteiger partial charge in [-0.15, -0.1) is 0 Å². The number of allylic oxidation sites excluding steroid dienone is 2. The molecule has 0 aromatic rings. The van der Waals surface area contributed by atoms with E-state index in [1.165, 1.54) is 51.4 Å². The zero-order valence-corrected chi connectivity index (χ0v) is 14.5. The van der Waals surface area contributed by atoms with Crippen molar-refractivity contribution in [1.29, 1.82) is 0 Å². The molecule has 1 N–H and O–H groups in total. The van der Waals surface area contributed by atoms with E-state index in [0.717, 1.165) is 37.1 Å². The Hall–Kier alpha value is -0.500. The summed E-state index contributed by atoms with van der Waals surface area (Å²) >= 11 is 6.21. The minimum atomic E-state index is -0.681. The zero-order valence-electron chi connectivity index (χ0n) is 13.7. The fraction of sp³-hybridized carbons (Fsp3) is 0.833. The Morgan fingerprint density at radius 3 is 2.00 bits per heavy atom. The van der Waals surface area contributed by atoms with Crippen molar-refractivity contribution < 1.29 is 9.90 Å². The smallest absolute Gasteiger partial charge is 0.303 e.